The molecule has 120 valence electrons. The first-order valence-corrected chi connectivity index (χ1v) is 8.60. The van der Waals surface area contributed by atoms with Gasteiger partial charge in [-0.15, -0.1) is 0 Å². The lowest BCUT2D eigenvalue weighted by molar-refractivity contribution is 0.144. The molecule has 0 spiro atoms. The Bertz CT molecular complexity index is 361. The van der Waals surface area contributed by atoms with Crippen LogP contribution in [0.3, 0.4) is 0 Å². The Kier molecular flexibility index (Phi) is 8.63. The van der Waals surface area contributed by atoms with Gasteiger partial charge >= 0.3 is 0 Å². The maximum Gasteiger partial charge on any atom is 0.0480 e. The van der Waals surface area contributed by atoms with Crippen molar-refractivity contribution in [1.29, 1.82) is 0 Å². The van der Waals surface area contributed by atoms with Crippen molar-refractivity contribution in [1.82, 2.24) is 10.2 Å². The number of unbranched alkanes of at least 4 members (excludes halogenated alkanes) is 1. The minimum Gasteiger partial charge on any atom is -0.309 e. The average molecular weight is 290 g/mol. The number of nitrogens with one attached hydrogen (secondary N) is 1. The lowest BCUT2D eigenvalue weighted by atomic mass is 9.89. The summed E-state index contributed by atoms with van der Waals surface area (Å²) in [5, 5.41) is 3.78. The first kappa shape index (κ1) is 18.2. The van der Waals surface area contributed by atoms with Crippen LogP contribution in [0.15, 0.2) is 30.3 Å². The van der Waals surface area contributed by atoms with Crippen molar-refractivity contribution in [2.24, 2.45) is 5.92 Å². The zero-order chi connectivity index (χ0) is 15.7. The van der Waals surface area contributed by atoms with Crippen molar-refractivity contribution in [3.05, 3.63) is 35.9 Å². The SMILES string of the molecule is CCCCN(C)C(C(C)C)C(NCCC)c1ccccc1. The molecule has 1 aromatic carbocycles. The normalized spacial score (nSPS) is 14.6. The molecule has 2 unspecified atom stereocenters. The monoisotopic (exact) mass is 290 g/mol. The van der Waals surface area contributed by atoms with Crippen LogP contribution < -0.4 is 5.32 Å². The number of benzene rings is 1. The van der Waals surface area contributed by atoms with Crippen molar-refractivity contribution < 1.29 is 0 Å². The van der Waals surface area contributed by atoms with Gasteiger partial charge in [-0.2, -0.15) is 0 Å². The summed E-state index contributed by atoms with van der Waals surface area (Å²) in [7, 11) is 2.28. The Morgan fingerprint density at radius 3 is 2.24 bits per heavy atom. The van der Waals surface area contributed by atoms with Crippen LogP contribution in [-0.2, 0) is 0 Å². The molecule has 1 rings (SSSR count). The Labute approximate surface area is 131 Å². The minimum atomic E-state index is 0.410. The number of hydrogen-bond acceptors (Lipinski definition) is 2. The molecule has 0 bridgehead atoms. The fraction of sp³-hybridized carbons (Fsp3) is 0.684. The van der Waals surface area contributed by atoms with E-state index in [-0.39, 0.29) is 0 Å². The van der Waals surface area contributed by atoms with E-state index >= 15 is 0 Å². The molecule has 1 N–H and O–H groups in total. The molecule has 0 saturated carbocycles. The summed E-state index contributed by atoms with van der Waals surface area (Å²) in [6, 6.07) is 11.9. The lowest BCUT2D eigenvalue weighted by Gasteiger charge is -2.38. The van der Waals surface area contributed by atoms with E-state index in [4.69, 9.17) is 0 Å². The predicted molar refractivity (Wildman–Crippen MR) is 93.6 cm³/mol. The molecule has 21 heavy (non-hydrogen) atoms. The summed E-state index contributed by atoms with van der Waals surface area (Å²) in [5.74, 6) is 0.626. The van der Waals surface area contributed by atoms with E-state index in [1.54, 1.807) is 0 Å². The summed E-state index contributed by atoms with van der Waals surface area (Å²) >= 11 is 0. The molecule has 0 aromatic heterocycles. The Morgan fingerprint density at radius 1 is 1.05 bits per heavy atom. The van der Waals surface area contributed by atoms with Crippen molar-refractivity contribution in [3.8, 4) is 0 Å². The molecule has 0 aliphatic heterocycles. The van der Waals surface area contributed by atoms with Gasteiger partial charge in [-0.1, -0.05) is 64.4 Å². The highest BCUT2D eigenvalue weighted by molar-refractivity contribution is 5.21. The maximum absolute atomic E-state index is 3.78. The van der Waals surface area contributed by atoms with E-state index in [9.17, 15) is 0 Å². The van der Waals surface area contributed by atoms with Crippen LogP contribution in [0.5, 0.6) is 0 Å². The summed E-state index contributed by atoms with van der Waals surface area (Å²) < 4.78 is 0. The van der Waals surface area contributed by atoms with Crippen molar-refractivity contribution >= 4 is 0 Å². The van der Waals surface area contributed by atoms with E-state index in [0.29, 0.717) is 18.0 Å². The molecule has 2 atom stereocenters. The molecule has 0 aliphatic carbocycles. The van der Waals surface area contributed by atoms with Gasteiger partial charge in [-0.05, 0) is 44.5 Å². The summed E-state index contributed by atoms with van der Waals surface area (Å²) in [6.45, 7) is 11.4. The van der Waals surface area contributed by atoms with Gasteiger partial charge < -0.3 is 10.2 Å². The van der Waals surface area contributed by atoms with Crippen LogP contribution in [0.4, 0.5) is 0 Å². The van der Waals surface area contributed by atoms with Crippen molar-refractivity contribution in [2.45, 2.75) is 59.0 Å². The van der Waals surface area contributed by atoms with E-state index < -0.39 is 0 Å². The zero-order valence-electron chi connectivity index (χ0n) is 14.6. The van der Waals surface area contributed by atoms with Gasteiger partial charge in [-0.25, -0.2) is 0 Å². The minimum absolute atomic E-state index is 0.410. The van der Waals surface area contributed by atoms with E-state index in [1.165, 1.54) is 31.4 Å². The first-order chi connectivity index (χ1) is 10.1. The highest BCUT2D eigenvalue weighted by Crippen LogP contribution is 2.26. The number of hydrogen-bond donors (Lipinski definition) is 1. The quantitative estimate of drug-likeness (QED) is 0.683. The van der Waals surface area contributed by atoms with Gasteiger partial charge in [0.1, 0.15) is 0 Å². The Balaban J connectivity index is 2.95. The molecule has 0 heterocycles. The fourth-order valence-corrected chi connectivity index (χ4v) is 3.10. The number of rotatable bonds is 10. The predicted octanol–water partition coefficient (Wildman–Crippen LogP) is 4.48. The zero-order valence-corrected chi connectivity index (χ0v) is 14.6. The van der Waals surface area contributed by atoms with Crippen LogP contribution in [0, 0.1) is 5.92 Å². The number of likely N-dealkylation sites (N-methyl/N-ethyl adjacent to an activating group) is 1. The van der Waals surface area contributed by atoms with Gasteiger partial charge in [0.15, 0.2) is 0 Å². The first-order valence-electron chi connectivity index (χ1n) is 8.60. The maximum atomic E-state index is 3.78. The van der Waals surface area contributed by atoms with Gasteiger partial charge in [0.2, 0.25) is 0 Å². The van der Waals surface area contributed by atoms with Crippen LogP contribution in [0.2, 0.25) is 0 Å². The third kappa shape index (κ3) is 5.80. The second-order valence-corrected chi connectivity index (χ2v) is 6.41. The number of nitrogens with zero attached hydrogens (tertiary/aromatic N) is 1. The van der Waals surface area contributed by atoms with Crippen molar-refractivity contribution in [3.63, 3.8) is 0 Å². The molecule has 2 heteroatoms. The second-order valence-electron chi connectivity index (χ2n) is 6.41. The topological polar surface area (TPSA) is 15.3 Å². The molecule has 0 fully saturated rings. The molecule has 1 aromatic rings. The van der Waals surface area contributed by atoms with E-state index in [1.807, 2.05) is 0 Å². The standard InChI is InChI=1S/C19H34N2/c1-6-8-15-21(5)19(16(3)4)18(20-14-7-2)17-12-10-9-11-13-17/h9-13,16,18-20H,6-8,14-15H2,1-5H3. The Hall–Kier alpha value is -0.860. The van der Waals surface area contributed by atoms with Crippen molar-refractivity contribution in [2.75, 3.05) is 20.1 Å². The Morgan fingerprint density at radius 2 is 1.71 bits per heavy atom. The molecule has 0 radical (unpaired) electrons. The second kappa shape index (κ2) is 9.97. The van der Waals surface area contributed by atoms with Gasteiger partial charge in [-0.3, -0.25) is 0 Å². The smallest absolute Gasteiger partial charge is 0.0480 e. The molecular formula is C19H34N2. The van der Waals surface area contributed by atoms with Crippen LogP contribution in [0.25, 0.3) is 0 Å². The van der Waals surface area contributed by atoms with Crippen LogP contribution in [-0.4, -0.2) is 31.1 Å². The van der Waals surface area contributed by atoms with Gasteiger partial charge in [0, 0.05) is 12.1 Å². The average Bonchev–Trinajstić information content (AvgIpc) is 2.49. The van der Waals surface area contributed by atoms with Crippen LogP contribution in [0.1, 0.15) is 58.6 Å². The highest BCUT2D eigenvalue weighted by Gasteiger charge is 2.28. The summed E-state index contributed by atoms with van der Waals surface area (Å²) in [4.78, 5) is 2.55. The third-order valence-corrected chi connectivity index (χ3v) is 4.17. The lowest BCUT2D eigenvalue weighted by Crippen LogP contribution is -2.46. The largest absolute Gasteiger partial charge is 0.309 e. The molecule has 2 nitrogen and oxygen atoms in total. The molecule has 0 amide bonds. The van der Waals surface area contributed by atoms with E-state index in [2.05, 4.69) is 75.3 Å². The molecular weight excluding hydrogens is 256 g/mol. The van der Waals surface area contributed by atoms with Gasteiger partial charge in [0.25, 0.3) is 0 Å². The third-order valence-electron chi connectivity index (χ3n) is 4.17. The van der Waals surface area contributed by atoms with Gasteiger partial charge in [0.05, 0.1) is 0 Å². The highest BCUT2D eigenvalue weighted by atomic mass is 15.2. The summed E-state index contributed by atoms with van der Waals surface area (Å²) in [6.07, 6.45) is 3.70. The van der Waals surface area contributed by atoms with Crippen LogP contribution >= 0.6 is 0 Å². The van der Waals surface area contributed by atoms with E-state index in [0.717, 1.165) is 6.54 Å². The fourth-order valence-electron chi connectivity index (χ4n) is 3.10. The molecule has 0 aliphatic rings. The summed E-state index contributed by atoms with van der Waals surface area (Å²) in [5.41, 5.74) is 1.41. The molecule has 0 saturated heterocycles.